The molecule has 0 radical (unpaired) electrons. The van der Waals surface area contributed by atoms with Crippen LogP contribution in [0.3, 0.4) is 0 Å². The van der Waals surface area contributed by atoms with Crippen LogP contribution >= 0.6 is 0 Å². The predicted octanol–water partition coefficient (Wildman–Crippen LogP) is 7.74. The Labute approximate surface area is 424 Å². The SMILES string of the molecule is C#Cc1c(F)ccc2cc(O)cc(-c3ncc4c(N5CC6CCC(C5)N6)nc(OCC5(CN6CCC7(CC6)CC(CN6CCC(c8ccc(C(=N)C9CCC(=O)NC9=O)c(NC)c8)CC6)C7)CC5)nc4c3F)c12. The number of halogens is 2. The summed E-state index contributed by atoms with van der Waals surface area (Å²) in [4.78, 5) is 46.0. The lowest BCUT2D eigenvalue weighted by Gasteiger charge is -2.54. The van der Waals surface area contributed by atoms with E-state index >= 15 is 8.78 Å². The average molecular weight is 991 g/mol. The Hall–Kier alpha value is -6.28. The highest BCUT2D eigenvalue weighted by Gasteiger charge is 2.50. The number of hydrogen-bond donors (Lipinski definition) is 5. The molecule has 1 spiro atoms. The molecule has 7 heterocycles. The number of aromatic hydroxyl groups is 1. The molecule has 3 unspecified atom stereocenters. The van der Waals surface area contributed by atoms with Crippen LogP contribution in [0.25, 0.3) is 32.9 Å². The van der Waals surface area contributed by atoms with Gasteiger partial charge in [0.1, 0.15) is 28.6 Å². The topological polar surface area (TPSA) is 172 Å². The van der Waals surface area contributed by atoms with E-state index < -0.39 is 17.6 Å². The Morgan fingerprint density at radius 3 is 2.44 bits per heavy atom. The lowest BCUT2D eigenvalue weighted by Crippen LogP contribution is -2.51. The van der Waals surface area contributed by atoms with Gasteiger partial charge in [-0.3, -0.25) is 19.9 Å². The van der Waals surface area contributed by atoms with Crippen molar-refractivity contribution in [1.82, 2.24) is 35.4 Å². The number of carbonyl (C=O) groups is 2. The lowest BCUT2D eigenvalue weighted by atomic mass is 9.57. The van der Waals surface area contributed by atoms with Crippen LogP contribution in [0.5, 0.6) is 11.8 Å². The largest absolute Gasteiger partial charge is 0.508 e. The van der Waals surface area contributed by atoms with Crippen molar-refractivity contribution < 1.29 is 28.2 Å². The van der Waals surface area contributed by atoms with Gasteiger partial charge >= 0.3 is 6.01 Å². The summed E-state index contributed by atoms with van der Waals surface area (Å²) in [5.74, 6) is 1.48. The van der Waals surface area contributed by atoms with Crippen molar-refractivity contribution in [2.75, 3.05) is 76.2 Å². The van der Waals surface area contributed by atoms with E-state index in [-0.39, 0.29) is 63.5 Å². The molecule has 380 valence electrons. The number of phenols is 1. The first kappa shape index (κ1) is 47.7. The minimum Gasteiger partial charge on any atom is -0.508 e. The lowest BCUT2D eigenvalue weighted by molar-refractivity contribution is -0.134. The molecule has 7 aliphatic rings. The number of aromatic nitrogens is 3. The van der Waals surface area contributed by atoms with E-state index in [4.69, 9.17) is 26.5 Å². The fraction of sp³-hybridized carbons (Fsp3) is 0.509. The molecule has 5 aromatic rings. The number of imide groups is 1. The Bertz CT molecular complexity index is 3070. The third kappa shape index (κ3) is 9.16. The fourth-order valence-electron chi connectivity index (χ4n) is 13.6. The van der Waals surface area contributed by atoms with Gasteiger partial charge < -0.3 is 40.6 Å². The molecule has 12 rings (SSSR count). The number of terminal acetylenes is 1. The number of fused-ring (bicyclic) bond motifs is 4. The molecule has 2 aromatic heterocycles. The maximum atomic E-state index is 17.2. The summed E-state index contributed by atoms with van der Waals surface area (Å²) in [6, 6.07) is 12.6. The maximum absolute atomic E-state index is 17.2. The molecule has 2 bridgehead atoms. The van der Waals surface area contributed by atoms with Crippen molar-refractivity contribution in [2.24, 2.45) is 22.7 Å². The number of pyridine rings is 1. The average Bonchev–Trinajstić information content (AvgIpc) is 4.07. The number of piperidine rings is 3. The molecule has 2 amide bonds. The second-order valence-electron chi connectivity index (χ2n) is 22.6. The Balaban J connectivity index is 0.664. The van der Waals surface area contributed by atoms with Crippen LogP contribution in [-0.2, 0) is 9.59 Å². The summed E-state index contributed by atoms with van der Waals surface area (Å²) in [7, 11) is 1.86. The zero-order chi connectivity index (χ0) is 50.2. The van der Waals surface area contributed by atoms with E-state index in [1.807, 2.05) is 13.1 Å². The number of amides is 2. The number of anilines is 2. The van der Waals surface area contributed by atoms with Crippen molar-refractivity contribution in [1.29, 1.82) is 5.41 Å². The van der Waals surface area contributed by atoms with Gasteiger partial charge in [-0.15, -0.1) is 6.42 Å². The number of rotatable bonds is 13. The van der Waals surface area contributed by atoms with Crippen molar-refractivity contribution in [3.8, 4) is 35.4 Å². The Morgan fingerprint density at radius 1 is 0.959 bits per heavy atom. The Morgan fingerprint density at radius 2 is 1.73 bits per heavy atom. The normalized spacial score (nSPS) is 24.1. The molecule has 73 heavy (non-hydrogen) atoms. The minimum atomic E-state index is -0.717. The van der Waals surface area contributed by atoms with E-state index in [2.05, 4.69) is 53.7 Å². The number of ether oxygens (including phenoxy) is 1. The molecule has 3 aromatic carbocycles. The van der Waals surface area contributed by atoms with Crippen LogP contribution in [0.15, 0.2) is 48.7 Å². The molecule has 3 atom stereocenters. The molecular formula is C57H64F2N10O4. The summed E-state index contributed by atoms with van der Waals surface area (Å²) in [5.41, 5.74) is 3.65. The van der Waals surface area contributed by atoms with Gasteiger partial charge in [0.05, 0.1) is 29.2 Å². The number of benzene rings is 3. The van der Waals surface area contributed by atoms with Crippen LogP contribution in [-0.4, -0.2) is 125 Å². The molecule has 2 saturated carbocycles. The molecular weight excluding hydrogens is 927 g/mol. The Kier molecular flexibility index (Phi) is 12.3. The first-order valence-corrected chi connectivity index (χ1v) is 26.5. The van der Waals surface area contributed by atoms with Gasteiger partial charge in [-0.05, 0) is 149 Å². The van der Waals surface area contributed by atoms with Crippen molar-refractivity contribution in [2.45, 2.75) is 95.1 Å². The second kappa shape index (κ2) is 18.9. The van der Waals surface area contributed by atoms with Crippen LogP contribution in [0.4, 0.5) is 20.3 Å². The zero-order valence-electron chi connectivity index (χ0n) is 41.5. The number of carbonyl (C=O) groups excluding carboxylic acids is 2. The van der Waals surface area contributed by atoms with Crippen molar-refractivity contribution in [3.63, 3.8) is 0 Å². The number of likely N-dealkylation sites (tertiary alicyclic amines) is 2. The van der Waals surface area contributed by atoms with Gasteiger partial charge in [0.15, 0.2) is 5.82 Å². The zero-order valence-corrected chi connectivity index (χ0v) is 41.5. The summed E-state index contributed by atoms with van der Waals surface area (Å²) in [6.07, 6.45) is 19.4. The maximum Gasteiger partial charge on any atom is 0.319 e. The summed E-state index contributed by atoms with van der Waals surface area (Å²) < 4.78 is 38.8. The number of piperazine rings is 1. The summed E-state index contributed by atoms with van der Waals surface area (Å²) >= 11 is 0. The third-order valence-electron chi connectivity index (χ3n) is 17.8. The van der Waals surface area contributed by atoms with Crippen LogP contribution < -0.4 is 25.6 Å². The minimum absolute atomic E-state index is 0.0149. The second-order valence-corrected chi connectivity index (χ2v) is 22.6. The van der Waals surface area contributed by atoms with Gasteiger partial charge in [0.2, 0.25) is 11.8 Å². The standard InChI is InChI=1S/C57H64F2N10O4/c1-3-40-45(58)10-5-36-22-39(70)24-43(48(36)40)51-49(59)52-44(27-62-51)53(69-29-37-6-7-38(30-69)63-37)66-55(65-52)73-32-57(14-15-57)31-68-20-16-56(17-21-68)25-33(26-56)28-67-18-12-34(13-19-67)35-4-8-41(46(23-35)61-2)50(60)42-9-11-47(71)64-54(42)72/h1,4-5,8,10,22-24,27,33-34,37-38,42,60-61,63,70H,6-7,9,11-21,25-26,28-32H2,2H3,(H,64,71,72). The third-order valence-corrected chi connectivity index (χ3v) is 17.8. The van der Waals surface area contributed by atoms with Gasteiger partial charge in [-0.1, -0.05) is 24.1 Å². The monoisotopic (exact) mass is 991 g/mol. The molecule has 14 nitrogen and oxygen atoms in total. The van der Waals surface area contributed by atoms with E-state index in [0.29, 0.717) is 71.5 Å². The summed E-state index contributed by atoms with van der Waals surface area (Å²) in [6.45, 7) is 8.31. The highest BCUT2D eigenvalue weighted by molar-refractivity contribution is 6.17. The van der Waals surface area contributed by atoms with Gasteiger partial charge in [0.25, 0.3) is 0 Å². The van der Waals surface area contributed by atoms with E-state index in [0.717, 1.165) is 95.0 Å². The van der Waals surface area contributed by atoms with Gasteiger partial charge in [-0.25, -0.2) is 8.78 Å². The summed E-state index contributed by atoms with van der Waals surface area (Å²) in [5, 5.41) is 30.1. The first-order chi connectivity index (χ1) is 35.4. The van der Waals surface area contributed by atoms with E-state index in [9.17, 15) is 14.7 Å². The van der Waals surface area contributed by atoms with E-state index in [1.165, 1.54) is 55.5 Å². The molecule has 16 heteroatoms. The molecule has 5 N–H and O–H groups in total. The molecule has 7 fully saturated rings. The molecule has 2 aliphatic carbocycles. The highest BCUT2D eigenvalue weighted by atomic mass is 19.1. The first-order valence-electron chi connectivity index (χ1n) is 26.5. The quantitative estimate of drug-likeness (QED) is 0.0442. The van der Waals surface area contributed by atoms with Gasteiger partial charge in [-0.2, -0.15) is 9.97 Å². The number of nitrogens with one attached hydrogen (secondary N) is 4. The highest BCUT2D eigenvalue weighted by Crippen LogP contribution is 2.54. The van der Waals surface area contributed by atoms with Crippen molar-refractivity contribution in [3.05, 3.63) is 77.0 Å². The van der Waals surface area contributed by atoms with E-state index in [1.54, 1.807) is 6.20 Å². The number of phenolic OH excluding ortho intramolecular Hbond substituents is 1. The smallest absolute Gasteiger partial charge is 0.319 e. The number of hydrogen-bond acceptors (Lipinski definition) is 13. The molecule has 5 aliphatic heterocycles. The van der Waals surface area contributed by atoms with Crippen LogP contribution in [0, 0.1) is 52.1 Å². The fourth-order valence-corrected chi connectivity index (χ4v) is 13.6. The number of nitrogens with zero attached hydrogens (tertiary/aromatic N) is 6. The predicted molar refractivity (Wildman–Crippen MR) is 277 cm³/mol. The molecule has 5 saturated heterocycles. The van der Waals surface area contributed by atoms with Crippen LogP contribution in [0.1, 0.15) is 99.7 Å². The van der Waals surface area contributed by atoms with Crippen molar-refractivity contribution >= 4 is 50.7 Å². The van der Waals surface area contributed by atoms with Crippen LogP contribution in [0.2, 0.25) is 0 Å². The van der Waals surface area contributed by atoms with Gasteiger partial charge in [0, 0.05) is 85.5 Å².